The van der Waals surface area contributed by atoms with Crippen LogP contribution in [0.4, 0.5) is 4.79 Å². The highest BCUT2D eigenvalue weighted by molar-refractivity contribution is 6.30. The van der Waals surface area contributed by atoms with Crippen molar-refractivity contribution in [1.29, 1.82) is 0 Å². The number of halogens is 1. The van der Waals surface area contributed by atoms with Gasteiger partial charge in [0, 0.05) is 30.2 Å². The number of nitrogens with one attached hydrogen (secondary N) is 2. The second-order valence-electron chi connectivity index (χ2n) is 7.66. The van der Waals surface area contributed by atoms with E-state index in [4.69, 9.17) is 16.3 Å². The number of carbonyl (C=O) groups excluding carboxylic acids is 2. The third kappa shape index (κ3) is 7.12. The molecule has 1 aromatic rings. The summed E-state index contributed by atoms with van der Waals surface area (Å²) in [6.07, 6.45) is 1.77. The third-order valence-electron chi connectivity index (χ3n) is 4.16. The molecule has 0 aliphatic carbocycles. The Morgan fingerprint density at radius 3 is 2.38 bits per heavy atom. The fourth-order valence-corrected chi connectivity index (χ4v) is 2.85. The molecule has 0 saturated carbocycles. The second kappa shape index (κ2) is 9.12. The molecule has 1 fully saturated rings. The Kier molecular flexibility index (Phi) is 7.14. The van der Waals surface area contributed by atoms with Gasteiger partial charge in [-0.3, -0.25) is 4.79 Å². The molecule has 0 radical (unpaired) electrons. The summed E-state index contributed by atoms with van der Waals surface area (Å²) in [4.78, 5) is 25.9. The predicted octanol–water partition coefficient (Wildman–Crippen LogP) is 3.06. The minimum Gasteiger partial charge on any atom is -0.484 e. The molecule has 1 aliphatic heterocycles. The van der Waals surface area contributed by atoms with Crippen molar-refractivity contribution in [1.82, 2.24) is 15.5 Å². The number of rotatable bonds is 5. The van der Waals surface area contributed by atoms with E-state index in [2.05, 4.69) is 10.6 Å². The molecule has 144 valence electrons. The van der Waals surface area contributed by atoms with Gasteiger partial charge in [0.05, 0.1) is 0 Å². The monoisotopic (exact) mass is 381 g/mol. The van der Waals surface area contributed by atoms with E-state index in [1.165, 1.54) is 0 Å². The molecule has 6 nitrogen and oxygen atoms in total. The van der Waals surface area contributed by atoms with Crippen molar-refractivity contribution in [3.05, 3.63) is 29.3 Å². The van der Waals surface area contributed by atoms with Crippen LogP contribution in [0.15, 0.2) is 24.3 Å². The molecule has 1 aromatic carbocycles. The number of likely N-dealkylation sites (tertiary alicyclic amines) is 1. The minimum absolute atomic E-state index is 0.0173. The first-order chi connectivity index (χ1) is 12.2. The van der Waals surface area contributed by atoms with Gasteiger partial charge in [-0.25, -0.2) is 4.79 Å². The molecule has 2 N–H and O–H groups in total. The highest BCUT2D eigenvalue weighted by Gasteiger charge is 2.25. The van der Waals surface area contributed by atoms with Crippen LogP contribution in [0.25, 0.3) is 0 Å². The molecule has 3 amide bonds. The predicted molar refractivity (Wildman–Crippen MR) is 103 cm³/mol. The van der Waals surface area contributed by atoms with E-state index in [0.717, 1.165) is 12.8 Å². The van der Waals surface area contributed by atoms with Gasteiger partial charge in [-0.05, 0) is 63.8 Å². The van der Waals surface area contributed by atoms with E-state index in [-0.39, 0.29) is 24.1 Å². The van der Waals surface area contributed by atoms with Crippen LogP contribution in [0, 0.1) is 5.92 Å². The number of nitrogens with zero attached hydrogens (tertiary/aromatic N) is 1. The van der Waals surface area contributed by atoms with Gasteiger partial charge in [0.2, 0.25) is 0 Å². The molecule has 0 bridgehead atoms. The molecule has 7 heteroatoms. The molecule has 0 unspecified atom stereocenters. The summed E-state index contributed by atoms with van der Waals surface area (Å²) in [5, 5.41) is 6.52. The Morgan fingerprint density at radius 1 is 1.19 bits per heavy atom. The lowest BCUT2D eigenvalue weighted by Crippen LogP contribution is -2.51. The van der Waals surface area contributed by atoms with E-state index < -0.39 is 0 Å². The van der Waals surface area contributed by atoms with E-state index in [0.29, 0.717) is 36.3 Å². The summed E-state index contributed by atoms with van der Waals surface area (Å²) < 4.78 is 5.43. The van der Waals surface area contributed by atoms with Crippen LogP contribution in [0.2, 0.25) is 5.02 Å². The smallest absolute Gasteiger partial charge is 0.317 e. The Morgan fingerprint density at radius 2 is 1.81 bits per heavy atom. The van der Waals surface area contributed by atoms with Gasteiger partial charge in [0.25, 0.3) is 5.91 Å². The Balaban J connectivity index is 1.64. The molecule has 1 aliphatic rings. The Hall–Kier alpha value is -1.95. The average Bonchev–Trinajstić information content (AvgIpc) is 2.58. The zero-order valence-corrected chi connectivity index (χ0v) is 16.4. The van der Waals surface area contributed by atoms with Gasteiger partial charge in [-0.15, -0.1) is 0 Å². The maximum absolute atomic E-state index is 12.1. The Bertz CT molecular complexity index is 605. The highest BCUT2D eigenvalue weighted by atomic mass is 35.5. The molecule has 1 heterocycles. The number of piperidine rings is 1. The summed E-state index contributed by atoms with van der Waals surface area (Å²) in [5.74, 6) is 0.851. The minimum atomic E-state index is -0.230. The van der Waals surface area contributed by atoms with Crippen molar-refractivity contribution in [2.45, 2.75) is 39.2 Å². The fourth-order valence-electron chi connectivity index (χ4n) is 2.73. The molecule has 0 aromatic heterocycles. The topological polar surface area (TPSA) is 70.7 Å². The lowest BCUT2D eigenvalue weighted by Gasteiger charge is -2.34. The summed E-state index contributed by atoms with van der Waals surface area (Å²) in [6.45, 7) is 7.93. The first-order valence-corrected chi connectivity index (χ1v) is 9.33. The van der Waals surface area contributed by atoms with Gasteiger partial charge < -0.3 is 20.3 Å². The summed E-state index contributed by atoms with van der Waals surface area (Å²) in [6, 6.07) is 6.88. The van der Waals surface area contributed by atoms with Crippen molar-refractivity contribution in [3.63, 3.8) is 0 Å². The van der Waals surface area contributed by atoms with Gasteiger partial charge in [-0.1, -0.05) is 11.6 Å². The normalized spacial score (nSPS) is 15.5. The number of amides is 3. The van der Waals surface area contributed by atoms with Gasteiger partial charge in [0.15, 0.2) is 6.61 Å². The largest absolute Gasteiger partial charge is 0.484 e. The average molecular weight is 382 g/mol. The number of benzene rings is 1. The highest BCUT2D eigenvalue weighted by Crippen LogP contribution is 2.17. The van der Waals surface area contributed by atoms with Crippen molar-refractivity contribution in [3.8, 4) is 5.75 Å². The van der Waals surface area contributed by atoms with Gasteiger partial charge >= 0.3 is 6.03 Å². The third-order valence-corrected chi connectivity index (χ3v) is 4.41. The first-order valence-electron chi connectivity index (χ1n) is 8.95. The second-order valence-corrected chi connectivity index (χ2v) is 8.09. The van der Waals surface area contributed by atoms with Crippen LogP contribution < -0.4 is 15.4 Å². The first kappa shape index (κ1) is 20.4. The van der Waals surface area contributed by atoms with E-state index in [1.807, 2.05) is 25.7 Å². The number of hydrogen-bond acceptors (Lipinski definition) is 3. The summed E-state index contributed by atoms with van der Waals surface area (Å²) >= 11 is 5.81. The molecular formula is C19H28ClN3O3. The maximum Gasteiger partial charge on any atom is 0.317 e. The SMILES string of the molecule is CC(C)(C)NC(=O)N1CCC(CNC(=O)COc2ccc(Cl)cc2)CC1. The van der Waals surface area contributed by atoms with Gasteiger partial charge in [-0.2, -0.15) is 0 Å². The van der Waals surface area contributed by atoms with Crippen LogP contribution in [-0.2, 0) is 4.79 Å². The van der Waals surface area contributed by atoms with Crippen molar-refractivity contribution in [2.24, 2.45) is 5.92 Å². The van der Waals surface area contributed by atoms with Crippen LogP contribution >= 0.6 is 11.6 Å². The zero-order valence-electron chi connectivity index (χ0n) is 15.7. The molecule has 1 saturated heterocycles. The van der Waals surface area contributed by atoms with E-state index >= 15 is 0 Å². The quantitative estimate of drug-likeness (QED) is 0.823. The van der Waals surface area contributed by atoms with E-state index in [9.17, 15) is 9.59 Å². The maximum atomic E-state index is 12.1. The van der Waals surface area contributed by atoms with Gasteiger partial charge in [0.1, 0.15) is 5.75 Å². The van der Waals surface area contributed by atoms with Crippen molar-refractivity contribution < 1.29 is 14.3 Å². The van der Waals surface area contributed by atoms with Crippen LogP contribution in [-0.4, -0.2) is 48.6 Å². The van der Waals surface area contributed by atoms with Crippen LogP contribution in [0.1, 0.15) is 33.6 Å². The van der Waals surface area contributed by atoms with Crippen LogP contribution in [0.5, 0.6) is 5.75 Å². The van der Waals surface area contributed by atoms with Crippen molar-refractivity contribution in [2.75, 3.05) is 26.2 Å². The molecular weight excluding hydrogens is 354 g/mol. The van der Waals surface area contributed by atoms with Crippen molar-refractivity contribution >= 4 is 23.5 Å². The summed E-state index contributed by atoms with van der Waals surface area (Å²) in [5.41, 5.74) is -0.230. The number of ether oxygens (including phenoxy) is 1. The number of carbonyl (C=O) groups is 2. The lowest BCUT2D eigenvalue weighted by molar-refractivity contribution is -0.123. The van der Waals surface area contributed by atoms with Crippen LogP contribution in [0.3, 0.4) is 0 Å². The number of urea groups is 1. The fraction of sp³-hybridized carbons (Fsp3) is 0.579. The molecule has 26 heavy (non-hydrogen) atoms. The standard InChI is InChI=1S/C19H28ClN3O3/c1-19(2,3)22-18(25)23-10-8-14(9-11-23)12-21-17(24)13-26-16-6-4-15(20)5-7-16/h4-7,14H,8-13H2,1-3H3,(H,21,24)(H,22,25). The zero-order chi connectivity index (χ0) is 19.2. The lowest BCUT2D eigenvalue weighted by atomic mass is 9.97. The molecule has 2 rings (SSSR count). The molecule has 0 atom stereocenters. The number of hydrogen-bond donors (Lipinski definition) is 2. The summed E-state index contributed by atoms with van der Waals surface area (Å²) in [7, 11) is 0. The molecule has 0 spiro atoms. The van der Waals surface area contributed by atoms with E-state index in [1.54, 1.807) is 24.3 Å². The Labute approximate surface area is 160 Å².